The van der Waals surface area contributed by atoms with Crippen LogP contribution in [0.5, 0.6) is 0 Å². The third-order valence-corrected chi connectivity index (χ3v) is 3.46. The lowest BCUT2D eigenvalue weighted by atomic mass is 10.1. The molecule has 2 aromatic carbocycles. The number of halogens is 1. The fraction of sp³-hybridized carbons (Fsp3) is 0.105. The van der Waals surface area contributed by atoms with Crippen molar-refractivity contribution in [3.63, 3.8) is 0 Å². The summed E-state index contributed by atoms with van der Waals surface area (Å²) in [5.74, 6) is 0. The molecule has 1 heterocycles. The Balaban J connectivity index is 0.00000161. The van der Waals surface area contributed by atoms with Crippen molar-refractivity contribution in [2.24, 2.45) is 0 Å². The monoisotopic (exact) mass is 339 g/mol. The Morgan fingerprint density at radius 3 is 1.86 bits per heavy atom. The lowest BCUT2D eigenvalue weighted by molar-refractivity contribution is -0.695. The molecule has 3 aromatic rings. The van der Waals surface area contributed by atoms with Gasteiger partial charge in [-0.2, -0.15) is 4.57 Å². The first-order valence-electron chi connectivity index (χ1n) is 6.97. The molecule has 0 fully saturated rings. The summed E-state index contributed by atoms with van der Waals surface area (Å²) in [5.41, 5.74) is 4.01. The molecule has 106 valence electrons. The van der Waals surface area contributed by atoms with E-state index in [1.54, 1.807) is 0 Å². The summed E-state index contributed by atoms with van der Waals surface area (Å²) in [4.78, 5) is 0. The average molecular weight is 340 g/mol. The van der Waals surface area contributed by atoms with Crippen LogP contribution in [0.3, 0.4) is 0 Å². The van der Waals surface area contributed by atoms with Gasteiger partial charge < -0.3 is 17.0 Å². The van der Waals surface area contributed by atoms with Crippen LogP contribution in [-0.2, 0) is 13.0 Å². The summed E-state index contributed by atoms with van der Waals surface area (Å²) in [7, 11) is 0. The molecular weight excluding hydrogens is 322 g/mol. The molecule has 2 heteroatoms. The van der Waals surface area contributed by atoms with Gasteiger partial charge in [-0.1, -0.05) is 66.7 Å². The molecule has 0 radical (unpaired) electrons. The summed E-state index contributed by atoms with van der Waals surface area (Å²) in [5, 5.41) is 0. The minimum Gasteiger partial charge on any atom is -1.00 e. The summed E-state index contributed by atoms with van der Waals surface area (Å²) in [6.07, 6.45) is 3.12. The van der Waals surface area contributed by atoms with Crippen molar-refractivity contribution in [2.75, 3.05) is 0 Å². The van der Waals surface area contributed by atoms with E-state index in [2.05, 4.69) is 89.6 Å². The fourth-order valence-corrected chi connectivity index (χ4v) is 2.41. The van der Waals surface area contributed by atoms with Crippen molar-refractivity contribution in [3.8, 4) is 0 Å². The maximum Gasteiger partial charge on any atom is 0.186 e. The molecule has 0 saturated heterocycles. The van der Waals surface area contributed by atoms with Gasteiger partial charge in [0.15, 0.2) is 18.4 Å². The second-order valence-electron chi connectivity index (χ2n) is 4.97. The van der Waals surface area contributed by atoms with Gasteiger partial charge in [0.25, 0.3) is 0 Å². The highest BCUT2D eigenvalue weighted by molar-refractivity contribution is 5.20. The van der Waals surface area contributed by atoms with Gasteiger partial charge in [-0.3, -0.25) is 0 Å². The quantitative estimate of drug-likeness (QED) is 0.613. The van der Waals surface area contributed by atoms with Gasteiger partial charge in [-0.05, 0) is 5.56 Å². The minimum absolute atomic E-state index is 0. The summed E-state index contributed by atoms with van der Waals surface area (Å²) >= 11 is 0. The van der Waals surface area contributed by atoms with Crippen molar-refractivity contribution in [2.45, 2.75) is 13.0 Å². The zero-order valence-electron chi connectivity index (χ0n) is 11.8. The Morgan fingerprint density at radius 2 is 1.19 bits per heavy atom. The third-order valence-electron chi connectivity index (χ3n) is 3.46. The first kappa shape index (κ1) is 15.5. The van der Waals surface area contributed by atoms with Crippen molar-refractivity contribution in [1.29, 1.82) is 0 Å². The molecule has 0 bridgehead atoms. The van der Waals surface area contributed by atoms with E-state index in [1.165, 1.54) is 16.8 Å². The second kappa shape index (κ2) is 7.75. The van der Waals surface area contributed by atoms with Crippen LogP contribution >= 0.6 is 0 Å². The van der Waals surface area contributed by atoms with Crippen LogP contribution in [0.4, 0.5) is 0 Å². The minimum atomic E-state index is 0. The van der Waals surface area contributed by atoms with Crippen LogP contribution in [0.1, 0.15) is 16.8 Å². The van der Waals surface area contributed by atoms with Gasteiger partial charge in [-0.25, -0.2) is 0 Å². The first-order valence-corrected chi connectivity index (χ1v) is 6.97. The summed E-state index contributed by atoms with van der Waals surface area (Å²) in [6.45, 7) is 0.920. The highest BCUT2D eigenvalue weighted by Crippen LogP contribution is 2.06. The summed E-state index contributed by atoms with van der Waals surface area (Å²) < 4.78 is 2.32. The average Bonchev–Trinajstić information content (AvgIpc) is 2.51. The van der Waals surface area contributed by atoms with E-state index in [9.17, 15) is 0 Å². The Morgan fingerprint density at radius 1 is 0.619 bits per heavy atom. The molecule has 21 heavy (non-hydrogen) atoms. The molecule has 0 aliphatic carbocycles. The number of rotatable bonds is 4. The van der Waals surface area contributed by atoms with Gasteiger partial charge in [0.05, 0.1) is 6.42 Å². The standard InChI is InChI=1S/C19H18N.BrH/c1-3-9-17(10-4-1)15-19-13-7-8-14-20(19)16-18-11-5-2-6-12-18;/h1-14H,15-16H2;1H/q+1;/p-1. The van der Waals surface area contributed by atoms with Crippen molar-refractivity contribution >= 4 is 0 Å². The third kappa shape index (κ3) is 4.27. The molecule has 0 aliphatic heterocycles. The normalized spacial score (nSPS) is 9.90. The van der Waals surface area contributed by atoms with Gasteiger partial charge in [0.2, 0.25) is 0 Å². The SMILES string of the molecule is [Br-].c1ccc(Cc2cccc[n+]2Cc2ccccc2)cc1. The highest BCUT2D eigenvalue weighted by atomic mass is 79.9. The molecule has 3 rings (SSSR count). The number of benzene rings is 2. The number of hydrogen-bond acceptors (Lipinski definition) is 0. The zero-order valence-corrected chi connectivity index (χ0v) is 13.4. The Bertz CT molecular complexity index is 605. The first-order chi connectivity index (χ1) is 9.92. The smallest absolute Gasteiger partial charge is 0.186 e. The molecule has 1 aromatic heterocycles. The maximum absolute atomic E-state index is 2.32. The zero-order chi connectivity index (χ0) is 13.6. The summed E-state index contributed by atoms with van der Waals surface area (Å²) in [6, 6.07) is 27.6. The molecular formula is C19H18BrN. The molecule has 0 spiro atoms. The van der Waals surface area contributed by atoms with Crippen LogP contribution in [0.15, 0.2) is 85.1 Å². The highest BCUT2D eigenvalue weighted by Gasteiger charge is 2.10. The van der Waals surface area contributed by atoms with Crippen molar-refractivity contribution < 1.29 is 21.5 Å². The number of pyridine rings is 1. The molecule has 1 nitrogen and oxygen atoms in total. The van der Waals surface area contributed by atoms with E-state index in [4.69, 9.17) is 0 Å². The lowest BCUT2D eigenvalue weighted by Crippen LogP contribution is -3.00. The Hall–Kier alpha value is -1.93. The van der Waals surface area contributed by atoms with E-state index in [-0.39, 0.29) is 17.0 Å². The Kier molecular flexibility index (Phi) is 5.70. The number of nitrogens with zero attached hydrogens (tertiary/aromatic N) is 1. The second-order valence-corrected chi connectivity index (χ2v) is 4.97. The molecule has 0 saturated carbocycles. The fourth-order valence-electron chi connectivity index (χ4n) is 2.41. The van der Waals surface area contributed by atoms with Gasteiger partial charge in [-0.15, -0.1) is 0 Å². The van der Waals surface area contributed by atoms with Gasteiger partial charge in [0.1, 0.15) is 0 Å². The van der Waals surface area contributed by atoms with Crippen LogP contribution in [-0.4, -0.2) is 0 Å². The number of aromatic nitrogens is 1. The maximum atomic E-state index is 2.32. The van der Waals surface area contributed by atoms with E-state index >= 15 is 0 Å². The molecule has 0 atom stereocenters. The van der Waals surface area contributed by atoms with Crippen LogP contribution < -0.4 is 21.5 Å². The van der Waals surface area contributed by atoms with Crippen LogP contribution in [0.25, 0.3) is 0 Å². The molecule has 0 N–H and O–H groups in total. The van der Waals surface area contributed by atoms with Gasteiger partial charge in [0, 0.05) is 17.7 Å². The van der Waals surface area contributed by atoms with Crippen LogP contribution in [0, 0.1) is 0 Å². The largest absolute Gasteiger partial charge is 1.00 e. The van der Waals surface area contributed by atoms with E-state index in [0.717, 1.165) is 13.0 Å². The topological polar surface area (TPSA) is 3.88 Å². The van der Waals surface area contributed by atoms with E-state index in [1.807, 2.05) is 0 Å². The Labute approximate surface area is 136 Å². The van der Waals surface area contributed by atoms with Crippen molar-refractivity contribution in [1.82, 2.24) is 0 Å². The lowest BCUT2D eigenvalue weighted by Gasteiger charge is -2.04. The molecule has 0 amide bonds. The number of hydrogen-bond donors (Lipinski definition) is 0. The van der Waals surface area contributed by atoms with Crippen molar-refractivity contribution in [3.05, 3.63) is 102 Å². The molecule has 0 aliphatic rings. The predicted molar refractivity (Wildman–Crippen MR) is 81.4 cm³/mol. The van der Waals surface area contributed by atoms with Gasteiger partial charge >= 0.3 is 0 Å². The molecule has 0 unspecified atom stereocenters. The predicted octanol–water partition coefficient (Wildman–Crippen LogP) is 0.617. The van der Waals surface area contributed by atoms with E-state index < -0.39 is 0 Å². The van der Waals surface area contributed by atoms with Crippen LogP contribution in [0.2, 0.25) is 0 Å². The van der Waals surface area contributed by atoms with E-state index in [0.29, 0.717) is 0 Å².